The Hall–Kier alpha value is -1.88. The lowest BCUT2D eigenvalue weighted by Gasteiger charge is -2.24. The van der Waals surface area contributed by atoms with E-state index in [-0.39, 0.29) is 23.5 Å². The molecule has 1 atom stereocenters. The first-order chi connectivity index (χ1) is 10.1. The van der Waals surface area contributed by atoms with Crippen molar-refractivity contribution in [3.8, 4) is 0 Å². The lowest BCUT2D eigenvalue weighted by molar-refractivity contribution is 0.0729. The number of hydrogen-bond acceptors (Lipinski definition) is 2. The number of aryl methyl sites for hydroxylation is 1. The van der Waals surface area contributed by atoms with Gasteiger partial charge >= 0.3 is 0 Å². The molecule has 4 nitrogen and oxygen atoms in total. The zero-order chi connectivity index (χ0) is 15.0. The maximum absolute atomic E-state index is 13.4. The van der Waals surface area contributed by atoms with Crippen LogP contribution in [0.1, 0.15) is 34.9 Å². The fraction of sp³-hybridized carbons (Fsp3) is 0.333. The topological polar surface area (TPSA) is 38.1 Å². The highest BCUT2D eigenvalue weighted by molar-refractivity contribution is 6.33. The molecular weight excluding hydrogens is 293 g/mol. The first kappa shape index (κ1) is 14.1. The van der Waals surface area contributed by atoms with Crippen LogP contribution < -0.4 is 0 Å². The predicted molar refractivity (Wildman–Crippen MR) is 77.6 cm³/mol. The van der Waals surface area contributed by atoms with Gasteiger partial charge in [-0.1, -0.05) is 23.7 Å². The maximum Gasteiger partial charge on any atom is 0.276 e. The van der Waals surface area contributed by atoms with Crippen molar-refractivity contribution in [2.75, 3.05) is 6.54 Å². The van der Waals surface area contributed by atoms with Crippen molar-refractivity contribution in [2.24, 2.45) is 7.05 Å². The fourth-order valence-electron chi connectivity index (χ4n) is 2.81. The van der Waals surface area contributed by atoms with Crippen molar-refractivity contribution in [1.82, 2.24) is 14.7 Å². The van der Waals surface area contributed by atoms with Crippen LogP contribution in [0.3, 0.4) is 0 Å². The van der Waals surface area contributed by atoms with E-state index < -0.39 is 0 Å². The second kappa shape index (κ2) is 5.48. The van der Waals surface area contributed by atoms with Gasteiger partial charge in [0.15, 0.2) is 5.69 Å². The summed E-state index contributed by atoms with van der Waals surface area (Å²) in [5.74, 6) is -0.491. The summed E-state index contributed by atoms with van der Waals surface area (Å²) in [5, 5.41) is 4.46. The number of carbonyl (C=O) groups excluding carboxylic acids is 1. The van der Waals surface area contributed by atoms with Gasteiger partial charge in [-0.25, -0.2) is 4.39 Å². The number of amides is 1. The summed E-state index contributed by atoms with van der Waals surface area (Å²) in [6.45, 7) is 0.632. The minimum Gasteiger partial charge on any atom is -0.330 e. The zero-order valence-electron chi connectivity index (χ0n) is 11.6. The highest BCUT2D eigenvalue weighted by Gasteiger charge is 2.32. The van der Waals surface area contributed by atoms with E-state index in [1.807, 2.05) is 6.07 Å². The van der Waals surface area contributed by atoms with Crippen LogP contribution in [0.15, 0.2) is 30.5 Å². The Labute approximate surface area is 127 Å². The average Bonchev–Trinajstić information content (AvgIpc) is 3.04. The van der Waals surface area contributed by atoms with Crippen LogP contribution in [0, 0.1) is 5.82 Å². The first-order valence-electron chi connectivity index (χ1n) is 6.82. The fourth-order valence-corrected chi connectivity index (χ4v) is 3.07. The Morgan fingerprint density at radius 1 is 1.48 bits per heavy atom. The van der Waals surface area contributed by atoms with Crippen LogP contribution in [-0.4, -0.2) is 27.1 Å². The Kier molecular flexibility index (Phi) is 3.68. The van der Waals surface area contributed by atoms with E-state index in [9.17, 15) is 9.18 Å². The summed E-state index contributed by atoms with van der Waals surface area (Å²) in [6, 6.07) is 6.28. The van der Waals surface area contributed by atoms with Gasteiger partial charge in [0.25, 0.3) is 5.91 Å². The molecule has 0 spiro atoms. The molecule has 2 aromatic rings. The summed E-state index contributed by atoms with van der Waals surface area (Å²) >= 11 is 6.05. The maximum atomic E-state index is 13.4. The van der Waals surface area contributed by atoms with Crippen LogP contribution in [0.2, 0.25) is 5.02 Å². The Bertz CT molecular complexity index is 685. The number of nitrogens with zero attached hydrogens (tertiary/aromatic N) is 3. The van der Waals surface area contributed by atoms with Gasteiger partial charge in [0.2, 0.25) is 0 Å². The number of rotatable bonds is 2. The van der Waals surface area contributed by atoms with Crippen molar-refractivity contribution >= 4 is 17.5 Å². The molecule has 6 heteroatoms. The molecule has 1 aliphatic heterocycles. The molecule has 0 N–H and O–H groups in total. The second-order valence-electron chi connectivity index (χ2n) is 5.21. The minimum atomic E-state index is -0.289. The van der Waals surface area contributed by atoms with E-state index in [4.69, 9.17) is 11.6 Å². The van der Waals surface area contributed by atoms with E-state index in [0.717, 1.165) is 18.4 Å². The van der Waals surface area contributed by atoms with Crippen molar-refractivity contribution in [3.63, 3.8) is 0 Å². The molecule has 0 radical (unpaired) electrons. The van der Waals surface area contributed by atoms with Crippen LogP contribution in [-0.2, 0) is 7.05 Å². The van der Waals surface area contributed by atoms with Gasteiger partial charge in [0, 0.05) is 19.8 Å². The quantitative estimate of drug-likeness (QED) is 0.854. The van der Waals surface area contributed by atoms with Gasteiger partial charge in [-0.15, -0.1) is 0 Å². The Balaban J connectivity index is 1.90. The van der Waals surface area contributed by atoms with Crippen molar-refractivity contribution in [1.29, 1.82) is 0 Å². The van der Waals surface area contributed by atoms with Gasteiger partial charge in [-0.2, -0.15) is 5.10 Å². The third kappa shape index (κ3) is 2.65. The highest BCUT2D eigenvalue weighted by atomic mass is 35.5. The highest BCUT2D eigenvalue weighted by Crippen LogP contribution is 2.34. The van der Waals surface area contributed by atoms with Crippen LogP contribution in [0.25, 0.3) is 0 Å². The largest absolute Gasteiger partial charge is 0.330 e. The molecule has 0 aliphatic carbocycles. The minimum absolute atomic E-state index is 0.119. The Morgan fingerprint density at radius 2 is 2.29 bits per heavy atom. The van der Waals surface area contributed by atoms with Crippen molar-refractivity contribution in [2.45, 2.75) is 18.9 Å². The van der Waals surface area contributed by atoms with Gasteiger partial charge in [-0.3, -0.25) is 9.48 Å². The summed E-state index contributed by atoms with van der Waals surface area (Å²) in [7, 11) is 1.72. The normalized spacial score (nSPS) is 18.2. The summed E-state index contributed by atoms with van der Waals surface area (Å²) in [5.41, 5.74) is 1.07. The van der Waals surface area contributed by atoms with E-state index >= 15 is 0 Å². The first-order valence-corrected chi connectivity index (χ1v) is 7.19. The van der Waals surface area contributed by atoms with E-state index in [2.05, 4.69) is 5.10 Å². The molecule has 110 valence electrons. The van der Waals surface area contributed by atoms with Gasteiger partial charge in [0.05, 0.1) is 11.1 Å². The number of hydrogen-bond donors (Lipinski definition) is 0. The SMILES string of the molecule is Cn1cc(Cl)c(C(=O)N2CCC[C@@H]2c2cccc(F)c2)n1. The molecule has 1 aromatic carbocycles. The number of carbonyl (C=O) groups is 1. The molecule has 1 fully saturated rings. The number of likely N-dealkylation sites (tertiary alicyclic amines) is 1. The monoisotopic (exact) mass is 307 g/mol. The van der Waals surface area contributed by atoms with Gasteiger partial charge in [0.1, 0.15) is 5.82 Å². The van der Waals surface area contributed by atoms with Crippen LogP contribution in [0.5, 0.6) is 0 Å². The lowest BCUT2D eigenvalue weighted by atomic mass is 10.0. The van der Waals surface area contributed by atoms with Crippen LogP contribution >= 0.6 is 11.6 Å². The molecular formula is C15H15ClFN3O. The predicted octanol–water partition coefficient (Wildman–Crippen LogP) is 3.19. The molecule has 1 saturated heterocycles. The van der Waals surface area contributed by atoms with E-state index in [1.54, 1.807) is 24.2 Å². The van der Waals surface area contributed by atoms with Crippen LogP contribution in [0.4, 0.5) is 4.39 Å². The average molecular weight is 308 g/mol. The molecule has 0 unspecified atom stereocenters. The third-order valence-electron chi connectivity index (χ3n) is 3.73. The molecule has 0 bridgehead atoms. The smallest absolute Gasteiger partial charge is 0.276 e. The second-order valence-corrected chi connectivity index (χ2v) is 5.62. The summed E-state index contributed by atoms with van der Waals surface area (Å²) < 4.78 is 14.9. The Morgan fingerprint density at radius 3 is 2.95 bits per heavy atom. The zero-order valence-corrected chi connectivity index (χ0v) is 12.3. The summed E-state index contributed by atoms with van der Waals surface area (Å²) in [6.07, 6.45) is 3.30. The number of benzene rings is 1. The molecule has 0 saturated carbocycles. The third-order valence-corrected chi connectivity index (χ3v) is 4.01. The van der Waals surface area contributed by atoms with Gasteiger partial charge < -0.3 is 4.90 Å². The van der Waals surface area contributed by atoms with E-state index in [0.29, 0.717) is 11.6 Å². The summed E-state index contributed by atoms with van der Waals surface area (Å²) in [4.78, 5) is 14.3. The van der Waals surface area contributed by atoms with Crippen molar-refractivity contribution in [3.05, 3.63) is 52.6 Å². The van der Waals surface area contributed by atoms with Gasteiger partial charge in [-0.05, 0) is 30.5 Å². The molecule has 1 aromatic heterocycles. The van der Waals surface area contributed by atoms with E-state index in [1.165, 1.54) is 16.8 Å². The number of aromatic nitrogens is 2. The standard InChI is InChI=1S/C15H15ClFN3O/c1-19-9-12(16)14(18-19)15(21)20-7-3-6-13(20)10-4-2-5-11(17)8-10/h2,4-5,8-9,13H,3,6-7H2,1H3/t13-/m1/s1. The van der Waals surface area contributed by atoms with Crippen molar-refractivity contribution < 1.29 is 9.18 Å². The molecule has 2 heterocycles. The number of halogens is 2. The molecule has 3 rings (SSSR count). The molecule has 1 amide bonds. The molecule has 1 aliphatic rings. The molecule has 21 heavy (non-hydrogen) atoms. The lowest BCUT2D eigenvalue weighted by Crippen LogP contribution is -2.31.